The average molecular weight is 212 g/mol. The standard InChI is InChI=1S/C10H16N2O3/c1-4-10(5-6(2)7(3)13)8(14)11-9(15)12-10/h6,13H,3-5H2,1-2H3,(H2,11,12,14,15). The third kappa shape index (κ3) is 2.11. The highest BCUT2D eigenvalue weighted by Crippen LogP contribution is 2.26. The van der Waals surface area contributed by atoms with E-state index in [-0.39, 0.29) is 17.6 Å². The Balaban J connectivity index is 2.82. The van der Waals surface area contributed by atoms with Crippen molar-refractivity contribution in [3.05, 3.63) is 12.3 Å². The quantitative estimate of drug-likeness (QED) is 0.482. The summed E-state index contributed by atoms with van der Waals surface area (Å²) in [7, 11) is 0. The van der Waals surface area contributed by atoms with Crippen LogP contribution in [0.1, 0.15) is 26.7 Å². The minimum Gasteiger partial charge on any atom is -0.513 e. The van der Waals surface area contributed by atoms with Gasteiger partial charge in [-0.1, -0.05) is 20.4 Å². The molecule has 1 heterocycles. The van der Waals surface area contributed by atoms with Crippen LogP contribution in [0.4, 0.5) is 4.79 Å². The van der Waals surface area contributed by atoms with Crippen LogP contribution in [0.15, 0.2) is 12.3 Å². The van der Waals surface area contributed by atoms with E-state index in [1.165, 1.54) is 0 Å². The van der Waals surface area contributed by atoms with E-state index in [2.05, 4.69) is 17.2 Å². The summed E-state index contributed by atoms with van der Waals surface area (Å²) < 4.78 is 0. The van der Waals surface area contributed by atoms with E-state index >= 15 is 0 Å². The number of amides is 3. The van der Waals surface area contributed by atoms with Crippen molar-refractivity contribution >= 4 is 11.9 Å². The number of carbonyl (C=O) groups excluding carboxylic acids is 2. The monoisotopic (exact) mass is 212 g/mol. The molecule has 1 fully saturated rings. The van der Waals surface area contributed by atoms with E-state index in [1.807, 2.05) is 6.92 Å². The fourth-order valence-corrected chi connectivity index (χ4v) is 1.71. The molecule has 0 spiro atoms. The minimum atomic E-state index is -0.901. The summed E-state index contributed by atoms with van der Waals surface area (Å²) >= 11 is 0. The van der Waals surface area contributed by atoms with Gasteiger partial charge in [-0.05, 0) is 12.8 Å². The van der Waals surface area contributed by atoms with Crippen molar-refractivity contribution < 1.29 is 14.7 Å². The molecular weight excluding hydrogens is 196 g/mol. The van der Waals surface area contributed by atoms with Crippen molar-refractivity contribution in [2.24, 2.45) is 5.92 Å². The van der Waals surface area contributed by atoms with Gasteiger partial charge in [0.1, 0.15) is 5.54 Å². The van der Waals surface area contributed by atoms with Gasteiger partial charge >= 0.3 is 6.03 Å². The number of allylic oxidation sites excluding steroid dienone is 1. The van der Waals surface area contributed by atoms with Crippen molar-refractivity contribution in [1.29, 1.82) is 0 Å². The Hall–Kier alpha value is -1.52. The Morgan fingerprint density at radius 1 is 1.60 bits per heavy atom. The Morgan fingerprint density at radius 3 is 2.53 bits per heavy atom. The van der Waals surface area contributed by atoms with Gasteiger partial charge in [-0.2, -0.15) is 0 Å². The van der Waals surface area contributed by atoms with Crippen LogP contribution < -0.4 is 10.6 Å². The van der Waals surface area contributed by atoms with Crippen molar-refractivity contribution in [2.45, 2.75) is 32.2 Å². The summed E-state index contributed by atoms with van der Waals surface area (Å²) in [5, 5.41) is 14.0. The number of hydrogen-bond donors (Lipinski definition) is 3. The molecule has 84 valence electrons. The highest BCUT2D eigenvalue weighted by Gasteiger charge is 2.45. The van der Waals surface area contributed by atoms with E-state index < -0.39 is 11.6 Å². The second kappa shape index (κ2) is 3.92. The number of rotatable bonds is 4. The molecule has 3 N–H and O–H groups in total. The molecule has 1 rings (SSSR count). The average Bonchev–Trinajstić information content (AvgIpc) is 2.42. The van der Waals surface area contributed by atoms with E-state index in [0.29, 0.717) is 12.8 Å². The number of imide groups is 1. The number of nitrogens with one attached hydrogen (secondary N) is 2. The first-order chi connectivity index (χ1) is 6.91. The van der Waals surface area contributed by atoms with Crippen molar-refractivity contribution in [2.75, 3.05) is 0 Å². The Kier molecular flexibility index (Phi) is 3.02. The van der Waals surface area contributed by atoms with Crippen LogP contribution in [0, 0.1) is 5.92 Å². The number of carbonyl (C=O) groups is 2. The van der Waals surface area contributed by atoms with Gasteiger partial charge in [0.2, 0.25) is 0 Å². The molecule has 2 unspecified atom stereocenters. The molecule has 2 atom stereocenters. The highest BCUT2D eigenvalue weighted by molar-refractivity contribution is 6.06. The van der Waals surface area contributed by atoms with Crippen LogP contribution in [0.2, 0.25) is 0 Å². The molecule has 5 nitrogen and oxygen atoms in total. The largest absolute Gasteiger partial charge is 0.513 e. The van der Waals surface area contributed by atoms with Gasteiger partial charge in [-0.15, -0.1) is 0 Å². The molecule has 1 aliphatic heterocycles. The summed E-state index contributed by atoms with van der Waals surface area (Å²) in [5.74, 6) is -0.533. The van der Waals surface area contributed by atoms with Crippen molar-refractivity contribution in [3.63, 3.8) is 0 Å². The molecule has 0 aromatic carbocycles. The third-order valence-corrected chi connectivity index (χ3v) is 2.84. The van der Waals surface area contributed by atoms with E-state index in [1.54, 1.807) is 6.92 Å². The number of hydrogen-bond acceptors (Lipinski definition) is 3. The maximum Gasteiger partial charge on any atom is 0.322 e. The second-order valence-corrected chi connectivity index (χ2v) is 3.94. The fraction of sp³-hybridized carbons (Fsp3) is 0.600. The molecular formula is C10H16N2O3. The highest BCUT2D eigenvalue weighted by atomic mass is 16.3. The Labute approximate surface area is 88.5 Å². The zero-order valence-corrected chi connectivity index (χ0v) is 8.96. The van der Waals surface area contributed by atoms with E-state index in [9.17, 15) is 14.7 Å². The topological polar surface area (TPSA) is 78.4 Å². The minimum absolute atomic E-state index is 0.0248. The van der Waals surface area contributed by atoms with Crippen LogP contribution >= 0.6 is 0 Å². The maximum absolute atomic E-state index is 11.6. The van der Waals surface area contributed by atoms with Gasteiger partial charge in [0.05, 0.1) is 5.76 Å². The second-order valence-electron chi connectivity index (χ2n) is 3.94. The molecule has 15 heavy (non-hydrogen) atoms. The molecule has 0 aromatic rings. The van der Waals surface area contributed by atoms with Gasteiger partial charge in [-0.3, -0.25) is 10.1 Å². The van der Waals surface area contributed by atoms with Gasteiger partial charge < -0.3 is 10.4 Å². The van der Waals surface area contributed by atoms with E-state index in [4.69, 9.17) is 0 Å². The van der Waals surface area contributed by atoms with Crippen LogP contribution in [-0.2, 0) is 4.79 Å². The van der Waals surface area contributed by atoms with Crippen LogP contribution in [0.3, 0.4) is 0 Å². The molecule has 3 amide bonds. The predicted octanol–water partition coefficient (Wildman–Crippen LogP) is 1.07. The van der Waals surface area contributed by atoms with Crippen LogP contribution in [-0.4, -0.2) is 22.6 Å². The number of aliphatic hydroxyl groups is 1. The first-order valence-corrected chi connectivity index (χ1v) is 4.92. The molecule has 1 saturated heterocycles. The lowest BCUT2D eigenvalue weighted by Crippen LogP contribution is -2.47. The molecule has 5 heteroatoms. The zero-order chi connectivity index (χ0) is 11.6. The molecule has 0 radical (unpaired) electrons. The van der Waals surface area contributed by atoms with Crippen molar-refractivity contribution in [3.8, 4) is 0 Å². The summed E-state index contributed by atoms with van der Waals surface area (Å²) in [5.41, 5.74) is -0.901. The molecule has 0 aliphatic carbocycles. The third-order valence-electron chi connectivity index (χ3n) is 2.84. The van der Waals surface area contributed by atoms with Gasteiger partial charge in [0.15, 0.2) is 0 Å². The summed E-state index contributed by atoms with van der Waals surface area (Å²) in [4.78, 5) is 22.6. The smallest absolute Gasteiger partial charge is 0.322 e. The molecule has 0 bridgehead atoms. The van der Waals surface area contributed by atoms with Crippen LogP contribution in [0.5, 0.6) is 0 Å². The lowest BCUT2D eigenvalue weighted by molar-refractivity contribution is -0.124. The maximum atomic E-state index is 11.6. The van der Waals surface area contributed by atoms with Gasteiger partial charge in [-0.25, -0.2) is 4.79 Å². The van der Waals surface area contributed by atoms with Gasteiger partial charge in [0.25, 0.3) is 5.91 Å². The van der Waals surface area contributed by atoms with Gasteiger partial charge in [0, 0.05) is 5.92 Å². The lowest BCUT2D eigenvalue weighted by atomic mass is 9.85. The normalized spacial score (nSPS) is 27.1. The zero-order valence-electron chi connectivity index (χ0n) is 8.96. The lowest BCUT2D eigenvalue weighted by Gasteiger charge is -2.27. The summed E-state index contributed by atoms with van der Waals surface area (Å²) in [6, 6.07) is -0.474. The summed E-state index contributed by atoms with van der Waals surface area (Å²) in [6.07, 6.45) is 0.846. The van der Waals surface area contributed by atoms with Crippen molar-refractivity contribution in [1.82, 2.24) is 10.6 Å². The number of aliphatic hydroxyl groups excluding tert-OH is 1. The first-order valence-electron chi connectivity index (χ1n) is 4.92. The Bertz CT molecular complexity index is 314. The SMILES string of the molecule is C=C(O)C(C)CC1(CC)NC(=O)NC1=O. The first kappa shape index (κ1) is 11.6. The fourth-order valence-electron chi connectivity index (χ4n) is 1.71. The summed E-state index contributed by atoms with van der Waals surface area (Å²) in [6.45, 7) is 7.00. The number of urea groups is 1. The van der Waals surface area contributed by atoms with Crippen LogP contribution in [0.25, 0.3) is 0 Å². The predicted molar refractivity (Wildman–Crippen MR) is 55.2 cm³/mol. The van der Waals surface area contributed by atoms with E-state index in [0.717, 1.165) is 0 Å². The molecule has 0 aromatic heterocycles. The molecule has 1 aliphatic rings. The Morgan fingerprint density at radius 2 is 2.20 bits per heavy atom. The molecule has 0 saturated carbocycles.